The summed E-state index contributed by atoms with van der Waals surface area (Å²) in [5.41, 5.74) is 1.05. The molecule has 0 spiro atoms. The largest absolute Gasteiger partial charge is 0.313 e. The molecule has 8 heteroatoms. The smallest absolute Gasteiger partial charge is 0.262 e. The quantitative estimate of drug-likeness (QED) is 0.493. The van der Waals surface area contributed by atoms with E-state index in [1.54, 1.807) is 12.3 Å². The van der Waals surface area contributed by atoms with Gasteiger partial charge in [-0.05, 0) is 12.1 Å². The monoisotopic (exact) mass is 242 g/mol. The summed E-state index contributed by atoms with van der Waals surface area (Å²) in [6.07, 6.45) is 4.57. The minimum atomic E-state index is -0.503. The molecule has 0 aliphatic heterocycles. The van der Waals surface area contributed by atoms with E-state index in [1.807, 2.05) is 0 Å². The molecule has 3 rings (SSSR count). The van der Waals surface area contributed by atoms with Gasteiger partial charge in [-0.1, -0.05) is 5.21 Å². The van der Waals surface area contributed by atoms with Crippen molar-refractivity contribution in [3.63, 3.8) is 0 Å². The van der Waals surface area contributed by atoms with Crippen LogP contribution in [0.15, 0.2) is 36.8 Å². The van der Waals surface area contributed by atoms with Gasteiger partial charge in [-0.15, -0.1) is 5.10 Å². The normalized spacial score (nSPS) is 10.7. The summed E-state index contributed by atoms with van der Waals surface area (Å²) in [6.45, 7) is 0. The van der Waals surface area contributed by atoms with E-state index in [2.05, 4.69) is 20.3 Å². The third kappa shape index (κ3) is 1.47. The van der Waals surface area contributed by atoms with Crippen LogP contribution in [0.25, 0.3) is 16.9 Å². The number of fused-ring (bicyclic) bond motifs is 1. The van der Waals surface area contributed by atoms with E-state index in [0.29, 0.717) is 11.0 Å². The molecule has 0 unspecified atom stereocenters. The van der Waals surface area contributed by atoms with Crippen molar-refractivity contribution >= 4 is 16.7 Å². The van der Waals surface area contributed by atoms with Gasteiger partial charge in [0.1, 0.15) is 5.52 Å². The Hall–Kier alpha value is -2.90. The first-order chi connectivity index (χ1) is 8.77. The number of aromatic nitrogens is 5. The highest BCUT2D eigenvalue weighted by molar-refractivity contribution is 5.75. The Morgan fingerprint density at radius 1 is 1.28 bits per heavy atom. The summed E-state index contributed by atoms with van der Waals surface area (Å²) in [7, 11) is 0. The van der Waals surface area contributed by atoms with Crippen molar-refractivity contribution in [3.05, 3.63) is 46.9 Å². The Kier molecular flexibility index (Phi) is 2.19. The lowest BCUT2D eigenvalue weighted by molar-refractivity contribution is -0.384. The van der Waals surface area contributed by atoms with E-state index in [9.17, 15) is 10.1 Å². The molecule has 0 saturated carbocycles. The highest BCUT2D eigenvalue weighted by atomic mass is 16.6. The molecule has 0 aliphatic carbocycles. The molecule has 0 N–H and O–H groups in total. The van der Waals surface area contributed by atoms with Gasteiger partial charge in [-0.25, -0.2) is 4.98 Å². The van der Waals surface area contributed by atoms with Gasteiger partial charge in [0.25, 0.3) is 0 Å². The zero-order valence-corrected chi connectivity index (χ0v) is 8.96. The van der Waals surface area contributed by atoms with Crippen LogP contribution in [-0.4, -0.2) is 29.9 Å². The Morgan fingerprint density at radius 3 is 3.00 bits per heavy atom. The summed E-state index contributed by atoms with van der Waals surface area (Å²) in [5, 5.41) is 18.7. The number of hydrogen-bond donors (Lipinski definition) is 0. The minimum Gasteiger partial charge on any atom is -0.262 e. The molecule has 0 aromatic carbocycles. The molecule has 0 fully saturated rings. The van der Waals surface area contributed by atoms with Crippen LogP contribution >= 0.6 is 0 Å². The molecular weight excluding hydrogens is 236 g/mol. The number of pyridine rings is 2. The highest BCUT2D eigenvalue weighted by Gasteiger charge is 2.18. The number of hydrogen-bond acceptors (Lipinski definition) is 6. The Bertz CT molecular complexity index is 738. The van der Waals surface area contributed by atoms with Crippen LogP contribution in [0.1, 0.15) is 0 Å². The number of nitrogens with zero attached hydrogens (tertiary/aromatic N) is 6. The van der Waals surface area contributed by atoms with Crippen LogP contribution in [-0.2, 0) is 0 Å². The van der Waals surface area contributed by atoms with E-state index < -0.39 is 4.92 Å². The summed E-state index contributed by atoms with van der Waals surface area (Å²) < 4.78 is 1.33. The van der Waals surface area contributed by atoms with Gasteiger partial charge in [0.2, 0.25) is 5.82 Å². The second kappa shape index (κ2) is 3.84. The van der Waals surface area contributed by atoms with E-state index >= 15 is 0 Å². The molecule has 0 radical (unpaired) electrons. The van der Waals surface area contributed by atoms with Crippen LogP contribution in [0.2, 0.25) is 0 Å². The summed E-state index contributed by atoms with van der Waals surface area (Å²) in [6, 6.07) is 4.55. The lowest BCUT2D eigenvalue weighted by Crippen LogP contribution is -2.04. The van der Waals surface area contributed by atoms with E-state index in [0.717, 1.165) is 0 Å². The molecule has 8 nitrogen and oxygen atoms in total. The molecule has 3 aromatic heterocycles. The van der Waals surface area contributed by atoms with Crippen molar-refractivity contribution in [1.82, 2.24) is 25.0 Å². The second-order valence-electron chi connectivity index (χ2n) is 3.47. The van der Waals surface area contributed by atoms with Gasteiger partial charge in [-0.2, -0.15) is 4.68 Å². The minimum absolute atomic E-state index is 0.124. The Morgan fingerprint density at radius 2 is 2.17 bits per heavy atom. The zero-order valence-electron chi connectivity index (χ0n) is 8.96. The van der Waals surface area contributed by atoms with Crippen molar-refractivity contribution in [3.8, 4) is 5.82 Å². The fourth-order valence-corrected chi connectivity index (χ4v) is 1.63. The second-order valence-corrected chi connectivity index (χ2v) is 3.47. The molecule has 0 saturated heterocycles. The van der Waals surface area contributed by atoms with Gasteiger partial charge in [0.15, 0.2) is 0 Å². The molecule has 88 valence electrons. The lowest BCUT2D eigenvalue weighted by atomic mass is 10.3. The first-order valence-corrected chi connectivity index (χ1v) is 5.02. The van der Waals surface area contributed by atoms with Gasteiger partial charge in [-0.3, -0.25) is 15.1 Å². The standard InChI is InChI=1S/C10H6N6O2/c17-16(18)9-2-1-4-12-10(9)15-8-3-5-11-6-7(8)13-14-15/h1-6H. The van der Waals surface area contributed by atoms with E-state index in [1.165, 1.54) is 29.2 Å². The van der Waals surface area contributed by atoms with E-state index in [4.69, 9.17) is 0 Å². The van der Waals surface area contributed by atoms with Crippen molar-refractivity contribution < 1.29 is 4.92 Å². The molecule has 0 aliphatic rings. The maximum absolute atomic E-state index is 10.9. The van der Waals surface area contributed by atoms with Gasteiger partial charge >= 0.3 is 5.69 Å². The average Bonchev–Trinajstić information content (AvgIpc) is 2.82. The molecule has 3 aromatic rings. The van der Waals surface area contributed by atoms with Gasteiger partial charge in [0.05, 0.1) is 16.6 Å². The maximum Gasteiger partial charge on any atom is 0.313 e. The van der Waals surface area contributed by atoms with Crippen LogP contribution in [0.4, 0.5) is 5.69 Å². The van der Waals surface area contributed by atoms with Crippen molar-refractivity contribution in [2.24, 2.45) is 0 Å². The number of rotatable bonds is 2. The van der Waals surface area contributed by atoms with Crippen LogP contribution in [0.5, 0.6) is 0 Å². The van der Waals surface area contributed by atoms with E-state index in [-0.39, 0.29) is 11.5 Å². The van der Waals surface area contributed by atoms with Crippen LogP contribution in [0.3, 0.4) is 0 Å². The summed E-state index contributed by atoms with van der Waals surface area (Å²) >= 11 is 0. The zero-order chi connectivity index (χ0) is 12.5. The fourth-order valence-electron chi connectivity index (χ4n) is 1.63. The Labute approximate surface area is 100 Å². The molecule has 0 atom stereocenters. The molecular formula is C10H6N6O2. The summed E-state index contributed by atoms with van der Waals surface area (Å²) in [4.78, 5) is 18.3. The van der Waals surface area contributed by atoms with Gasteiger partial charge < -0.3 is 0 Å². The molecule has 0 amide bonds. The van der Waals surface area contributed by atoms with Crippen LogP contribution in [0, 0.1) is 10.1 Å². The third-order valence-corrected chi connectivity index (χ3v) is 2.41. The predicted octanol–water partition coefficient (Wildman–Crippen LogP) is 1.12. The van der Waals surface area contributed by atoms with Gasteiger partial charge in [0, 0.05) is 18.5 Å². The molecule has 3 heterocycles. The fraction of sp³-hybridized carbons (Fsp3) is 0. The summed E-state index contributed by atoms with van der Waals surface area (Å²) in [5.74, 6) is 0.135. The van der Waals surface area contributed by atoms with Crippen molar-refractivity contribution in [2.45, 2.75) is 0 Å². The highest BCUT2D eigenvalue weighted by Crippen LogP contribution is 2.21. The number of nitro groups is 1. The molecule has 0 bridgehead atoms. The third-order valence-electron chi connectivity index (χ3n) is 2.41. The van der Waals surface area contributed by atoms with Crippen molar-refractivity contribution in [1.29, 1.82) is 0 Å². The first-order valence-electron chi connectivity index (χ1n) is 5.02. The molecule has 18 heavy (non-hydrogen) atoms. The SMILES string of the molecule is O=[N+]([O-])c1cccnc1-n1nnc2cnccc21. The topological polar surface area (TPSA) is 99.6 Å². The Balaban J connectivity index is 2.30. The van der Waals surface area contributed by atoms with Crippen molar-refractivity contribution in [2.75, 3.05) is 0 Å². The lowest BCUT2D eigenvalue weighted by Gasteiger charge is -2.01. The van der Waals surface area contributed by atoms with Crippen LogP contribution < -0.4 is 0 Å². The first kappa shape index (κ1) is 10.3. The predicted molar refractivity (Wildman–Crippen MR) is 61.1 cm³/mol. The maximum atomic E-state index is 10.9. The average molecular weight is 242 g/mol.